The third kappa shape index (κ3) is 5.68. The molecule has 1 aliphatic rings. The van der Waals surface area contributed by atoms with Crippen molar-refractivity contribution in [1.82, 2.24) is 9.97 Å². The molecule has 7 nitrogen and oxygen atoms in total. The SMILES string of the molecule is CC1(O)CCC(Oc2c(Cl)ccc3cnc(Nc4cccc(CS(C)(=O)=O)c4)nc23)CC1. The number of rotatable bonds is 6. The Morgan fingerprint density at radius 1 is 1.25 bits per heavy atom. The number of aromatic nitrogens is 2. The van der Waals surface area contributed by atoms with E-state index in [-0.39, 0.29) is 11.9 Å². The standard InChI is InChI=1S/C23H26ClN3O4S/c1-23(28)10-8-18(9-11-23)31-21-19(24)7-6-16-13-25-22(27-20(16)21)26-17-5-3-4-15(12-17)14-32(2,29)30/h3-7,12-13,18,28H,8-11,14H2,1-2H3,(H,25,26,27). The predicted octanol–water partition coefficient (Wildman–Crippen LogP) is 4.64. The Balaban J connectivity index is 1.60. The van der Waals surface area contributed by atoms with Gasteiger partial charge in [-0.1, -0.05) is 23.7 Å². The van der Waals surface area contributed by atoms with Gasteiger partial charge in [-0.05, 0) is 62.4 Å². The lowest BCUT2D eigenvalue weighted by atomic mass is 9.85. The Morgan fingerprint density at radius 2 is 2.00 bits per heavy atom. The van der Waals surface area contributed by atoms with Crippen LogP contribution in [0.5, 0.6) is 5.75 Å². The molecule has 2 aromatic carbocycles. The van der Waals surface area contributed by atoms with Crippen molar-refractivity contribution in [2.45, 2.75) is 50.1 Å². The second-order valence-electron chi connectivity index (χ2n) is 8.72. The molecule has 3 aromatic rings. The Hall–Kier alpha value is -2.42. The molecule has 170 valence electrons. The lowest BCUT2D eigenvalue weighted by molar-refractivity contribution is -0.0105. The minimum Gasteiger partial charge on any atom is -0.487 e. The maximum atomic E-state index is 11.6. The van der Waals surface area contributed by atoms with Crippen molar-refractivity contribution in [3.63, 3.8) is 0 Å². The van der Waals surface area contributed by atoms with Crippen LogP contribution in [0.2, 0.25) is 5.02 Å². The average Bonchev–Trinajstić information content (AvgIpc) is 2.70. The molecule has 0 bridgehead atoms. The Bertz CT molecular complexity index is 1240. The van der Waals surface area contributed by atoms with Crippen molar-refractivity contribution in [1.29, 1.82) is 0 Å². The first-order chi connectivity index (χ1) is 15.1. The molecule has 0 saturated heterocycles. The lowest BCUT2D eigenvalue weighted by Crippen LogP contribution is -2.34. The summed E-state index contributed by atoms with van der Waals surface area (Å²) < 4.78 is 29.4. The highest BCUT2D eigenvalue weighted by atomic mass is 35.5. The normalized spacial score (nSPS) is 21.4. The van der Waals surface area contributed by atoms with Gasteiger partial charge in [-0.3, -0.25) is 0 Å². The van der Waals surface area contributed by atoms with Gasteiger partial charge in [0.25, 0.3) is 0 Å². The fourth-order valence-corrected chi connectivity index (χ4v) is 4.87. The minimum atomic E-state index is -3.13. The van der Waals surface area contributed by atoms with Crippen LogP contribution in [0.25, 0.3) is 10.9 Å². The molecule has 1 heterocycles. The Labute approximate surface area is 192 Å². The highest BCUT2D eigenvalue weighted by molar-refractivity contribution is 7.89. The largest absolute Gasteiger partial charge is 0.487 e. The molecule has 0 spiro atoms. The Morgan fingerprint density at radius 3 is 2.72 bits per heavy atom. The van der Waals surface area contributed by atoms with Crippen molar-refractivity contribution in [3.8, 4) is 5.75 Å². The molecule has 2 N–H and O–H groups in total. The molecule has 0 atom stereocenters. The molecule has 4 rings (SSSR count). The fraction of sp³-hybridized carbons (Fsp3) is 0.391. The quantitative estimate of drug-likeness (QED) is 0.535. The van der Waals surface area contributed by atoms with E-state index in [4.69, 9.17) is 16.3 Å². The van der Waals surface area contributed by atoms with Gasteiger partial charge in [0, 0.05) is 23.5 Å². The van der Waals surface area contributed by atoms with Crippen LogP contribution in [0.4, 0.5) is 11.6 Å². The summed E-state index contributed by atoms with van der Waals surface area (Å²) in [6.07, 6.45) is 5.68. The van der Waals surface area contributed by atoms with Crippen LogP contribution in [-0.2, 0) is 15.6 Å². The molecule has 0 aliphatic heterocycles. The smallest absolute Gasteiger partial charge is 0.227 e. The van der Waals surface area contributed by atoms with Crippen LogP contribution in [-0.4, -0.2) is 41.5 Å². The van der Waals surface area contributed by atoms with Gasteiger partial charge in [-0.25, -0.2) is 18.4 Å². The van der Waals surface area contributed by atoms with Gasteiger partial charge in [-0.2, -0.15) is 0 Å². The van der Waals surface area contributed by atoms with Crippen LogP contribution in [0.1, 0.15) is 38.2 Å². The third-order valence-electron chi connectivity index (χ3n) is 5.56. The zero-order valence-electron chi connectivity index (χ0n) is 18.0. The molecule has 1 saturated carbocycles. The maximum Gasteiger partial charge on any atom is 0.227 e. The van der Waals surface area contributed by atoms with Crippen LogP contribution in [0.15, 0.2) is 42.6 Å². The highest BCUT2D eigenvalue weighted by Crippen LogP contribution is 2.37. The van der Waals surface area contributed by atoms with E-state index >= 15 is 0 Å². The monoisotopic (exact) mass is 475 g/mol. The average molecular weight is 476 g/mol. The summed E-state index contributed by atoms with van der Waals surface area (Å²) in [4.78, 5) is 9.00. The number of sulfone groups is 1. The minimum absolute atomic E-state index is 0.0387. The number of anilines is 2. The first-order valence-corrected chi connectivity index (χ1v) is 12.9. The number of fused-ring (bicyclic) bond motifs is 1. The second kappa shape index (κ2) is 8.84. The fourth-order valence-electron chi connectivity index (χ4n) is 3.89. The summed E-state index contributed by atoms with van der Waals surface area (Å²) >= 11 is 6.46. The maximum absolute atomic E-state index is 11.6. The van der Waals surface area contributed by atoms with Gasteiger partial charge >= 0.3 is 0 Å². The summed E-state index contributed by atoms with van der Waals surface area (Å²) in [7, 11) is -3.13. The summed E-state index contributed by atoms with van der Waals surface area (Å²) in [5.41, 5.74) is 1.32. The van der Waals surface area contributed by atoms with Gasteiger partial charge in [0.05, 0.1) is 22.5 Å². The second-order valence-corrected chi connectivity index (χ2v) is 11.3. The number of nitrogens with one attached hydrogen (secondary N) is 1. The molecular formula is C23H26ClN3O4S. The Kier molecular flexibility index (Phi) is 6.29. The first kappa shape index (κ1) is 22.8. The molecular weight excluding hydrogens is 450 g/mol. The number of aliphatic hydroxyl groups is 1. The predicted molar refractivity (Wildman–Crippen MR) is 126 cm³/mol. The van der Waals surface area contributed by atoms with Crippen LogP contribution in [0.3, 0.4) is 0 Å². The summed E-state index contributed by atoms with van der Waals surface area (Å²) in [6.45, 7) is 1.85. The number of ether oxygens (including phenoxy) is 1. The van der Waals surface area contributed by atoms with E-state index in [2.05, 4.69) is 15.3 Å². The molecule has 1 aromatic heterocycles. The van der Waals surface area contributed by atoms with Crippen molar-refractivity contribution in [2.24, 2.45) is 0 Å². The number of halogens is 1. The molecule has 0 unspecified atom stereocenters. The lowest BCUT2D eigenvalue weighted by Gasteiger charge is -2.33. The number of benzene rings is 2. The van der Waals surface area contributed by atoms with Crippen LogP contribution >= 0.6 is 11.6 Å². The molecule has 0 amide bonds. The highest BCUT2D eigenvalue weighted by Gasteiger charge is 2.30. The van der Waals surface area contributed by atoms with Gasteiger partial charge in [0.2, 0.25) is 5.95 Å². The third-order valence-corrected chi connectivity index (χ3v) is 6.72. The number of hydrogen-bond acceptors (Lipinski definition) is 7. The van der Waals surface area contributed by atoms with Crippen molar-refractivity contribution in [3.05, 3.63) is 53.2 Å². The molecule has 0 radical (unpaired) electrons. The zero-order valence-corrected chi connectivity index (χ0v) is 19.6. The van der Waals surface area contributed by atoms with E-state index in [1.807, 2.05) is 19.1 Å². The van der Waals surface area contributed by atoms with Crippen molar-refractivity contribution >= 4 is 44.0 Å². The summed E-state index contributed by atoms with van der Waals surface area (Å²) in [5, 5.41) is 14.6. The van der Waals surface area contributed by atoms with Crippen molar-refractivity contribution in [2.75, 3.05) is 11.6 Å². The van der Waals surface area contributed by atoms with Gasteiger partial charge in [0.15, 0.2) is 15.6 Å². The van der Waals surface area contributed by atoms with E-state index in [9.17, 15) is 13.5 Å². The van der Waals surface area contributed by atoms with Crippen LogP contribution in [0, 0.1) is 0 Å². The topological polar surface area (TPSA) is 101 Å². The van der Waals surface area contributed by atoms with E-state index in [1.165, 1.54) is 6.26 Å². The van der Waals surface area contributed by atoms with Gasteiger partial charge in [0.1, 0.15) is 5.52 Å². The summed E-state index contributed by atoms with van der Waals surface area (Å²) in [5.74, 6) is 0.822. The van der Waals surface area contributed by atoms with Crippen molar-refractivity contribution < 1.29 is 18.3 Å². The molecule has 9 heteroatoms. The van der Waals surface area contributed by atoms with Crippen LogP contribution < -0.4 is 10.1 Å². The van der Waals surface area contributed by atoms with Gasteiger partial charge in [-0.15, -0.1) is 0 Å². The van der Waals surface area contributed by atoms with E-state index in [0.29, 0.717) is 46.3 Å². The number of hydrogen-bond donors (Lipinski definition) is 2. The zero-order chi connectivity index (χ0) is 22.9. The summed E-state index contributed by atoms with van der Waals surface area (Å²) in [6, 6.07) is 10.7. The van der Waals surface area contributed by atoms with E-state index in [1.54, 1.807) is 30.5 Å². The molecule has 1 aliphatic carbocycles. The van der Waals surface area contributed by atoms with Gasteiger partial charge < -0.3 is 15.2 Å². The number of nitrogens with zero attached hydrogens (tertiary/aromatic N) is 2. The van der Waals surface area contributed by atoms with E-state index < -0.39 is 15.4 Å². The first-order valence-electron chi connectivity index (χ1n) is 10.5. The van der Waals surface area contributed by atoms with E-state index in [0.717, 1.165) is 18.2 Å². The molecule has 1 fully saturated rings. The molecule has 32 heavy (non-hydrogen) atoms.